The number of anilines is 1. The van der Waals surface area contributed by atoms with Crippen molar-refractivity contribution in [2.24, 2.45) is 0 Å². The first-order valence-electron chi connectivity index (χ1n) is 7.01. The summed E-state index contributed by atoms with van der Waals surface area (Å²) < 4.78 is 0. The van der Waals surface area contributed by atoms with Crippen LogP contribution in [0.5, 0.6) is 0 Å². The number of carbonyl (C=O) groups is 1. The molecule has 9 heteroatoms. The van der Waals surface area contributed by atoms with Gasteiger partial charge >= 0.3 is 0 Å². The monoisotopic (exact) mass is 319 g/mol. The van der Waals surface area contributed by atoms with E-state index in [1.807, 2.05) is 0 Å². The Hall–Kier alpha value is -2.97. The van der Waals surface area contributed by atoms with Gasteiger partial charge in [-0.25, -0.2) is 4.98 Å². The van der Waals surface area contributed by atoms with E-state index in [1.165, 1.54) is 25.4 Å². The minimum atomic E-state index is -0.522. The van der Waals surface area contributed by atoms with Gasteiger partial charge in [0.05, 0.1) is 22.2 Å². The molecule has 2 aromatic rings. The normalized spacial score (nSPS) is 10.5. The molecular weight excluding hydrogens is 302 g/mol. The molecule has 0 atom stereocenters. The average Bonchev–Trinajstić information content (AvgIpc) is 2.50. The smallest absolute Gasteiger partial charge is 0.293 e. The van der Waals surface area contributed by atoms with Crippen molar-refractivity contribution >= 4 is 28.2 Å². The molecule has 2 N–H and O–H groups in total. The highest BCUT2D eigenvalue weighted by Crippen LogP contribution is 2.30. The van der Waals surface area contributed by atoms with Crippen LogP contribution in [0.15, 0.2) is 23.3 Å². The second-order valence-corrected chi connectivity index (χ2v) is 5.10. The van der Waals surface area contributed by atoms with E-state index in [4.69, 9.17) is 0 Å². The number of H-pyrrole nitrogens is 1. The standard InChI is InChI=1S/C14H17N5O4/c1-9(20)15-4-3-5-18(2)12-7-11-10(6-13(12)19(22)23)14(21)17-8-16-11/h6-8H,3-5H2,1-2H3,(H,15,20)(H,16,17,21). The predicted molar refractivity (Wildman–Crippen MR) is 85.6 cm³/mol. The third-order valence-electron chi connectivity index (χ3n) is 3.39. The fraction of sp³-hybridized carbons (Fsp3) is 0.357. The van der Waals surface area contributed by atoms with Gasteiger partial charge in [-0.2, -0.15) is 0 Å². The van der Waals surface area contributed by atoms with Gasteiger partial charge in [-0.3, -0.25) is 19.7 Å². The quantitative estimate of drug-likeness (QED) is 0.461. The Morgan fingerprint density at radius 2 is 2.22 bits per heavy atom. The van der Waals surface area contributed by atoms with E-state index in [-0.39, 0.29) is 17.0 Å². The van der Waals surface area contributed by atoms with Gasteiger partial charge in [-0.05, 0) is 12.5 Å². The molecule has 0 saturated carbocycles. The summed E-state index contributed by atoms with van der Waals surface area (Å²) in [4.78, 5) is 41.5. The summed E-state index contributed by atoms with van der Waals surface area (Å²) in [6.45, 7) is 2.43. The number of hydrogen-bond donors (Lipinski definition) is 2. The number of nitro groups is 1. The molecule has 0 aliphatic heterocycles. The number of fused-ring (bicyclic) bond motifs is 1. The number of benzene rings is 1. The van der Waals surface area contributed by atoms with Gasteiger partial charge in [-0.1, -0.05) is 0 Å². The van der Waals surface area contributed by atoms with Crippen molar-refractivity contribution in [1.29, 1.82) is 0 Å². The molecule has 0 bridgehead atoms. The molecule has 23 heavy (non-hydrogen) atoms. The van der Waals surface area contributed by atoms with Crippen LogP contribution in [0.25, 0.3) is 10.9 Å². The van der Waals surface area contributed by atoms with Gasteiger partial charge in [0.2, 0.25) is 5.91 Å². The predicted octanol–water partition coefficient (Wildman–Crippen LogP) is 0.794. The van der Waals surface area contributed by atoms with Crippen molar-refractivity contribution in [3.8, 4) is 0 Å². The largest absolute Gasteiger partial charge is 0.369 e. The Morgan fingerprint density at radius 1 is 1.48 bits per heavy atom. The minimum absolute atomic E-state index is 0.118. The van der Waals surface area contributed by atoms with E-state index in [0.29, 0.717) is 30.7 Å². The molecule has 0 radical (unpaired) electrons. The Labute approximate surface area is 131 Å². The van der Waals surface area contributed by atoms with Crippen molar-refractivity contribution in [2.45, 2.75) is 13.3 Å². The highest BCUT2D eigenvalue weighted by Gasteiger charge is 2.19. The highest BCUT2D eigenvalue weighted by atomic mass is 16.6. The molecule has 0 spiro atoms. The van der Waals surface area contributed by atoms with E-state index in [1.54, 1.807) is 11.9 Å². The van der Waals surface area contributed by atoms with Crippen LogP contribution in [0.3, 0.4) is 0 Å². The first-order chi connectivity index (χ1) is 10.9. The molecule has 0 aliphatic carbocycles. The van der Waals surface area contributed by atoms with Crippen molar-refractivity contribution in [2.75, 3.05) is 25.0 Å². The molecule has 0 aliphatic rings. The number of aromatic amines is 1. The van der Waals surface area contributed by atoms with E-state index >= 15 is 0 Å². The van der Waals surface area contributed by atoms with Crippen LogP contribution in [0.2, 0.25) is 0 Å². The lowest BCUT2D eigenvalue weighted by atomic mass is 10.1. The number of carbonyl (C=O) groups excluding carboxylic acids is 1. The summed E-state index contributed by atoms with van der Waals surface area (Å²) in [5.74, 6) is -0.118. The molecule has 0 fully saturated rings. The van der Waals surface area contributed by atoms with Crippen LogP contribution >= 0.6 is 0 Å². The van der Waals surface area contributed by atoms with Gasteiger partial charge in [0.1, 0.15) is 5.69 Å². The summed E-state index contributed by atoms with van der Waals surface area (Å²) in [6, 6.07) is 2.77. The lowest BCUT2D eigenvalue weighted by molar-refractivity contribution is -0.384. The van der Waals surface area contributed by atoms with E-state index < -0.39 is 10.5 Å². The third-order valence-corrected chi connectivity index (χ3v) is 3.39. The fourth-order valence-corrected chi connectivity index (χ4v) is 2.25. The van der Waals surface area contributed by atoms with Crippen LogP contribution in [-0.4, -0.2) is 40.9 Å². The zero-order chi connectivity index (χ0) is 17.0. The molecule has 0 unspecified atom stereocenters. The summed E-state index contributed by atoms with van der Waals surface area (Å²) in [7, 11) is 1.72. The molecule has 1 aromatic heterocycles. The number of amides is 1. The second kappa shape index (κ2) is 6.86. The Morgan fingerprint density at radius 3 is 2.87 bits per heavy atom. The summed E-state index contributed by atoms with van der Waals surface area (Å²) in [6.07, 6.45) is 1.89. The van der Waals surface area contributed by atoms with E-state index in [2.05, 4.69) is 15.3 Å². The molecular formula is C14H17N5O4. The maximum absolute atomic E-state index is 11.7. The minimum Gasteiger partial charge on any atom is -0.369 e. The maximum Gasteiger partial charge on any atom is 0.293 e. The van der Waals surface area contributed by atoms with Crippen molar-refractivity contribution < 1.29 is 9.72 Å². The van der Waals surface area contributed by atoms with Gasteiger partial charge in [0.25, 0.3) is 11.2 Å². The number of nitrogens with one attached hydrogen (secondary N) is 2. The second-order valence-electron chi connectivity index (χ2n) is 5.10. The van der Waals surface area contributed by atoms with Gasteiger partial charge in [0.15, 0.2) is 0 Å². The van der Waals surface area contributed by atoms with Gasteiger partial charge < -0.3 is 15.2 Å². The average molecular weight is 319 g/mol. The summed E-state index contributed by atoms with van der Waals surface area (Å²) >= 11 is 0. The SMILES string of the molecule is CC(=O)NCCCN(C)c1cc2nc[nH]c(=O)c2cc1[N+](=O)[O-]. The summed E-state index contributed by atoms with van der Waals surface area (Å²) in [5.41, 5.74) is 0.197. The third kappa shape index (κ3) is 3.82. The maximum atomic E-state index is 11.7. The lowest BCUT2D eigenvalue weighted by Gasteiger charge is -2.19. The fourth-order valence-electron chi connectivity index (χ4n) is 2.25. The zero-order valence-electron chi connectivity index (χ0n) is 12.8. The topological polar surface area (TPSA) is 121 Å². The molecule has 122 valence electrons. The molecule has 9 nitrogen and oxygen atoms in total. The number of hydrogen-bond acceptors (Lipinski definition) is 6. The molecule has 2 rings (SSSR count). The lowest BCUT2D eigenvalue weighted by Crippen LogP contribution is -2.26. The van der Waals surface area contributed by atoms with Crippen LogP contribution in [0.1, 0.15) is 13.3 Å². The van der Waals surface area contributed by atoms with Gasteiger partial charge in [-0.15, -0.1) is 0 Å². The van der Waals surface area contributed by atoms with Crippen LogP contribution < -0.4 is 15.8 Å². The number of nitrogens with zero attached hydrogens (tertiary/aromatic N) is 3. The number of nitro benzene ring substituents is 1. The molecule has 1 heterocycles. The van der Waals surface area contributed by atoms with Crippen molar-refractivity contribution in [3.05, 3.63) is 38.9 Å². The van der Waals surface area contributed by atoms with Crippen LogP contribution in [0, 0.1) is 10.1 Å². The molecule has 1 aromatic carbocycles. The molecule has 1 amide bonds. The van der Waals surface area contributed by atoms with E-state index in [9.17, 15) is 19.7 Å². The summed E-state index contributed by atoms with van der Waals surface area (Å²) in [5, 5.41) is 14.1. The zero-order valence-corrected chi connectivity index (χ0v) is 12.8. The van der Waals surface area contributed by atoms with Crippen LogP contribution in [-0.2, 0) is 4.79 Å². The number of rotatable bonds is 6. The van der Waals surface area contributed by atoms with Crippen molar-refractivity contribution in [1.82, 2.24) is 15.3 Å². The highest BCUT2D eigenvalue weighted by molar-refractivity contribution is 5.86. The Balaban J connectivity index is 2.31. The van der Waals surface area contributed by atoms with Crippen LogP contribution in [0.4, 0.5) is 11.4 Å². The first kappa shape index (κ1) is 16.4. The van der Waals surface area contributed by atoms with Crippen molar-refractivity contribution in [3.63, 3.8) is 0 Å². The van der Waals surface area contributed by atoms with Gasteiger partial charge in [0, 0.05) is 33.1 Å². The first-order valence-corrected chi connectivity index (χ1v) is 7.01. The number of aromatic nitrogens is 2. The molecule has 0 saturated heterocycles. The Kier molecular flexibility index (Phi) is 4.89. The van der Waals surface area contributed by atoms with E-state index in [0.717, 1.165) is 0 Å². The Bertz CT molecular complexity index is 801.